The van der Waals surface area contributed by atoms with Crippen molar-refractivity contribution in [3.05, 3.63) is 267 Å². The summed E-state index contributed by atoms with van der Waals surface area (Å²) >= 11 is 0. The molecule has 6 nitrogen and oxygen atoms in total. The minimum Gasteiger partial charge on any atom is -0.456 e. The highest BCUT2D eigenvalue weighted by Crippen LogP contribution is 2.43. The smallest absolute Gasteiger partial charge is 0.164 e. The van der Waals surface area contributed by atoms with Crippen molar-refractivity contribution < 1.29 is 4.42 Å². The highest BCUT2D eigenvalue weighted by molar-refractivity contribution is 6.14. The number of furan rings is 1. The van der Waals surface area contributed by atoms with Crippen LogP contribution in [0, 0.1) is 0 Å². The third kappa shape index (κ3) is 7.97. The Hall–Kier alpha value is -10.2. The minimum absolute atomic E-state index is 0.587. The summed E-state index contributed by atoms with van der Waals surface area (Å²) in [7, 11) is 2.16. The lowest BCUT2D eigenvalue weighted by Crippen LogP contribution is -2.11. The van der Waals surface area contributed by atoms with Gasteiger partial charge in [0.2, 0.25) is 0 Å². The standard InChI is InChI=1S/C70H47N5O/c1-74(56-30-17-27-50(41-56)46-19-7-2-8-20-46)62-37-33-51(42-58(62)47-21-9-3-10-22-47)52-34-38-63-59(43-52)60-44-53(35-39-64(60)75(63)55-28-15-6-16-29-55)54-36-40-65-61(45-54)67-57(31-18-32-66(67)76-65)70-72-68(48-23-11-4-12-24-48)71-69(73-70)49-25-13-5-14-26-49/h2-45H,1H3. The van der Waals surface area contributed by atoms with E-state index in [2.05, 4.69) is 211 Å². The fourth-order valence-electron chi connectivity index (χ4n) is 10.9. The van der Waals surface area contributed by atoms with Gasteiger partial charge in [-0.3, -0.25) is 0 Å². The van der Waals surface area contributed by atoms with E-state index >= 15 is 0 Å². The van der Waals surface area contributed by atoms with E-state index in [1.807, 2.05) is 72.8 Å². The summed E-state index contributed by atoms with van der Waals surface area (Å²) in [6.45, 7) is 0. The molecule has 0 spiro atoms. The molecule has 14 aromatic rings. The summed E-state index contributed by atoms with van der Waals surface area (Å²) in [5.74, 6) is 1.81. The number of para-hydroxylation sites is 1. The molecule has 0 radical (unpaired) electrons. The van der Waals surface area contributed by atoms with E-state index in [-0.39, 0.29) is 0 Å². The zero-order valence-electron chi connectivity index (χ0n) is 41.5. The van der Waals surface area contributed by atoms with Gasteiger partial charge in [0, 0.05) is 67.9 Å². The first-order valence-electron chi connectivity index (χ1n) is 25.6. The van der Waals surface area contributed by atoms with Gasteiger partial charge in [-0.1, -0.05) is 188 Å². The second-order valence-corrected chi connectivity index (χ2v) is 19.2. The molecule has 358 valence electrons. The van der Waals surface area contributed by atoms with Crippen molar-refractivity contribution in [2.75, 3.05) is 11.9 Å². The molecule has 76 heavy (non-hydrogen) atoms. The lowest BCUT2D eigenvalue weighted by atomic mass is 9.95. The van der Waals surface area contributed by atoms with E-state index in [1.54, 1.807) is 0 Å². The highest BCUT2D eigenvalue weighted by atomic mass is 16.3. The second-order valence-electron chi connectivity index (χ2n) is 19.2. The minimum atomic E-state index is 0.587. The summed E-state index contributed by atoms with van der Waals surface area (Å²) in [6, 6.07) is 94.3. The maximum atomic E-state index is 6.59. The van der Waals surface area contributed by atoms with Gasteiger partial charge in [-0.25, -0.2) is 15.0 Å². The molecule has 6 heteroatoms. The third-order valence-corrected chi connectivity index (χ3v) is 14.7. The Balaban J connectivity index is 0.899. The predicted octanol–water partition coefficient (Wildman–Crippen LogP) is 18.3. The number of hydrogen-bond donors (Lipinski definition) is 0. The summed E-state index contributed by atoms with van der Waals surface area (Å²) in [4.78, 5) is 17.5. The molecule has 0 aliphatic heterocycles. The molecular weight excluding hydrogens is 927 g/mol. The normalized spacial score (nSPS) is 11.5. The van der Waals surface area contributed by atoms with Gasteiger partial charge in [-0.15, -0.1) is 0 Å². The van der Waals surface area contributed by atoms with Crippen molar-refractivity contribution in [2.24, 2.45) is 0 Å². The van der Waals surface area contributed by atoms with Crippen molar-refractivity contribution in [3.63, 3.8) is 0 Å². The maximum Gasteiger partial charge on any atom is 0.164 e. The highest BCUT2D eigenvalue weighted by Gasteiger charge is 2.21. The molecule has 0 unspecified atom stereocenters. The lowest BCUT2D eigenvalue weighted by Gasteiger charge is -2.24. The van der Waals surface area contributed by atoms with E-state index in [0.29, 0.717) is 17.5 Å². The Kier molecular flexibility index (Phi) is 11.0. The number of anilines is 2. The van der Waals surface area contributed by atoms with Crippen LogP contribution in [0.4, 0.5) is 11.4 Å². The van der Waals surface area contributed by atoms with Gasteiger partial charge in [0.25, 0.3) is 0 Å². The molecule has 3 aromatic heterocycles. The monoisotopic (exact) mass is 973 g/mol. The Bertz CT molecular complexity index is 4400. The quantitative estimate of drug-likeness (QED) is 0.137. The van der Waals surface area contributed by atoms with Crippen molar-refractivity contribution in [1.29, 1.82) is 0 Å². The van der Waals surface area contributed by atoms with Crippen molar-refractivity contribution >= 4 is 55.1 Å². The van der Waals surface area contributed by atoms with E-state index in [4.69, 9.17) is 19.4 Å². The molecule has 0 N–H and O–H groups in total. The first-order chi connectivity index (χ1) is 37.6. The van der Waals surface area contributed by atoms with E-state index in [0.717, 1.165) is 100 Å². The number of benzene rings is 11. The van der Waals surface area contributed by atoms with E-state index < -0.39 is 0 Å². The Morgan fingerprint density at radius 3 is 1.42 bits per heavy atom. The van der Waals surface area contributed by atoms with Crippen LogP contribution in [-0.4, -0.2) is 26.6 Å². The summed E-state index contributed by atoms with van der Waals surface area (Å²) < 4.78 is 8.98. The Labute approximate surface area is 440 Å². The van der Waals surface area contributed by atoms with Crippen LogP contribution in [0.3, 0.4) is 0 Å². The number of rotatable bonds is 10. The van der Waals surface area contributed by atoms with Crippen LogP contribution in [-0.2, 0) is 0 Å². The molecule has 0 saturated carbocycles. The van der Waals surface area contributed by atoms with Crippen LogP contribution < -0.4 is 4.90 Å². The number of nitrogens with zero attached hydrogens (tertiary/aromatic N) is 5. The Morgan fingerprint density at radius 2 is 0.803 bits per heavy atom. The fraction of sp³-hybridized carbons (Fsp3) is 0.0143. The predicted molar refractivity (Wildman–Crippen MR) is 314 cm³/mol. The van der Waals surface area contributed by atoms with Crippen molar-refractivity contribution in [2.45, 2.75) is 0 Å². The number of aromatic nitrogens is 4. The molecule has 0 bridgehead atoms. The van der Waals surface area contributed by atoms with Gasteiger partial charge in [0.05, 0.1) is 11.0 Å². The summed E-state index contributed by atoms with van der Waals surface area (Å²) in [5.41, 5.74) is 19.1. The molecule has 11 aromatic carbocycles. The van der Waals surface area contributed by atoms with Gasteiger partial charge in [0.1, 0.15) is 11.2 Å². The Morgan fingerprint density at radius 1 is 0.329 bits per heavy atom. The molecule has 0 amide bonds. The third-order valence-electron chi connectivity index (χ3n) is 14.7. The molecular formula is C70H47N5O. The summed E-state index contributed by atoms with van der Waals surface area (Å²) in [6.07, 6.45) is 0. The molecule has 0 aliphatic rings. The van der Waals surface area contributed by atoms with Crippen LogP contribution in [0.5, 0.6) is 0 Å². The molecule has 14 rings (SSSR count). The van der Waals surface area contributed by atoms with Crippen molar-refractivity contribution in [1.82, 2.24) is 19.5 Å². The fourth-order valence-corrected chi connectivity index (χ4v) is 10.9. The molecule has 0 fully saturated rings. The molecule has 0 aliphatic carbocycles. The van der Waals surface area contributed by atoms with Crippen molar-refractivity contribution in [3.8, 4) is 84.4 Å². The van der Waals surface area contributed by atoms with Crippen LogP contribution >= 0.6 is 0 Å². The second kappa shape index (κ2) is 18.7. The lowest BCUT2D eigenvalue weighted by molar-refractivity contribution is 0.669. The van der Waals surface area contributed by atoms with Gasteiger partial charge in [0.15, 0.2) is 17.5 Å². The maximum absolute atomic E-state index is 6.59. The zero-order chi connectivity index (χ0) is 50.5. The van der Waals surface area contributed by atoms with Crippen LogP contribution in [0.1, 0.15) is 0 Å². The van der Waals surface area contributed by atoms with Gasteiger partial charge in [-0.05, 0) is 118 Å². The topological polar surface area (TPSA) is 60.0 Å². The van der Waals surface area contributed by atoms with Crippen LogP contribution in [0.2, 0.25) is 0 Å². The van der Waals surface area contributed by atoms with E-state index in [9.17, 15) is 0 Å². The number of hydrogen-bond acceptors (Lipinski definition) is 5. The largest absolute Gasteiger partial charge is 0.456 e. The summed E-state index contributed by atoms with van der Waals surface area (Å²) in [5, 5.41) is 4.30. The van der Waals surface area contributed by atoms with Crippen LogP contribution in [0.25, 0.3) is 128 Å². The average Bonchev–Trinajstić information content (AvgIpc) is 4.06. The van der Waals surface area contributed by atoms with E-state index in [1.165, 1.54) is 21.9 Å². The molecule has 0 atom stereocenters. The first kappa shape index (κ1) is 44.5. The van der Waals surface area contributed by atoms with Gasteiger partial charge >= 0.3 is 0 Å². The number of fused-ring (bicyclic) bond motifs is 6. The van der Waals surface area contributed by atoms with Gasteiger partial charge < -0.3 is 13.9 Å². The first-order valence-corrected chi connectivity index (χ1v) is 25.6. The SMILES string of the molecule is CN(c1cccc(-c2ccccc2)c1)c1ccc(-c2ccc3c(c2)c2cc(-c4ccc5oc6cccc(-c7nc(-c8ccccc8)nc(-c8ccccc8)n7)c6c5c4)ccc2n3-c2ccccc2)cc1-c1ccccc1. The molecule has 3 heterocycles. The molecule has 0 saturated heterocycles. The zero-order valence-corrected chi connectivity index (χ0v) is 41.5. The van der Waals surface area contributed by atoms with Gasteiger partial charge in [-0.2, -0.15) is 0 Å². The average molecular weight is 974 g/mol. The van der Waals surface area contributed by atoms with Crippen LogP contribution in [0.15, 0.2) is 271 Å².